The Morgan fingerprint density at radius 2 is 2.00 bits per heavy atom. The van der Waals surface area contributed by atoms with Crippen LogP contribution < -0.4 is 5.32 Å². The second-order valence-electron chi connectivity index (χ2n) is 4.01. The van der Waals surface area contributed by atoms with E-state index in [1.807, 2.05) is 13.0 Å². The largest absolute Gasteiger partial charge is 0.370 e. The minimum Gasteiger partial charge on any atom is -0.370 e. The number of anilines is 1. The van der Waals surface area contributed by atoms with E-state index in [9.17, 15) is 8.42 Å². The summed E-state index contributed by atoms with van der Waals surface area (Å²) in [6.07, 6.45) is 2.95. The topological polar surface area (TPSA) is 72.0 Å². The Balaban J connectivity index is 2.96. The molecule has 1 aromatic heterocycles. The maximum Gasteiger partial charge on any atom is 0.154 e. The van der Waals surface area contributed by atoms with E-state index in [1.165, 1.54) is 6.26 Å². The van der Waals surface area contributed by atoms with Crippen molar-refractivity contribution in [1.29, 1.82) is 0 Å². The molecule has 96 valence electrons. The first-order valence-corrected chi connectivity index (χ1v) is 7.79. The molecule has 0 spiro atoms. The molecule has 1 rings (SSSR count). The molecule has 0 saturated heterocycles. The van der Waals surface area contributed by atoms with Crippen molar-refractivity contribution in [3.05, 3.63) is 17.6 Å². The zero-order valence-corrected chi connectivity index (χ0v) is 11.3. The molecule has 0 amide bonds. The minimum atomic E-state index is -3.09. The van der Waals surface area contributed by atoms with Crippen LogP contribution in [0.1, 0.15) is 31.8 Å². The molecule has 5 nitrogen and oxygen atoms in total. The first kappa shape index (κ1) is 13.9. The van der Waals surface area contributed by atoms with Crippen molar-refractivity contribution in [2.45, 2.75) is 32.4 Å². The van der Waals surface area contributed by atoms with Crippen molar-refractivity contribution in [1.82, 2.24) is 9.97 Å². The van der Waals surface area contributed by atoms with Gasteiger partial charge in [-0.05, 0) is 12.8 Å². The lowest BCUT2D eigenvalue weighted by Gasteiger charge is -2.08. The van der Waals surface area contributed by atoms with Crippen LogP contribution in [-0.4, -0.2) is 31.2 Å². The summed E-state index contributed by atoms with van der Waals surface area (Å²) in [6, 6.07) is 1.86. The molecule has 1 N–H and O–H groups in total. The summed E-state index contributed by atoms with van der Waals surface area (Å²) in [5.74, 6) is 0.963. The van der Waals surface area contributed by atoms with Crippen LogP contribution in [-0.2, 0) is 22.0 Å². The number of sulfone groups is 1. The molecule has 0 aromatic carbocycles. The predicted molar refractivity (Wildman–Crippen MR) is 68.7 cm³/mol. The van der Waals surface area contributed by atoms with Gasteiger partial charge in [0.1, 0.15) is 17.4 Å². The highest BCUT2D eigenvalue weighted by Gasteiger charge is 2.09. The molecule has 0 aliphatic carbocycles. The van der Waals surface area contributed by atoms with Crippen LogP contribution in [0.4, 0.5) is 5.82 Å². The van der Waals surface area contributed by atoms with Crippen LogP contribution in [0.5, 0.6) is 0 Å². The van der Waals surface area contributed by atoms with E-state index in [0.717, 1.165) is 25.1 Å². The minimum absolute atomic E-state index is 0.109. The number of nitrogens with zero attached hydrogens (tertiary/aromatic N) is 2. The summed E-state index contributed by atoms with van der Waals surface area (Å²) in [7, 11) is -3.09. The van der Waals surface area contributed by atoms with Gasteiger partial charge in [-0.2, -0.15) is 0 Å². The Morgan fingerprint density at radius 1 is 1.29 bits per heavy atom. The third-order valence-electron chi connectivity index (χ3n) is 2.14. The van der Waals surface area contributed by atoms with Crippen LogP contribution in [0.2, 0.25) is 0 Å². The van der Waals surface area contributed by atoms with E-state index in [0.29, 0.717) is 11.6 Å². The SMILES string of the molecule is CCCNc1cc(CC)nc(CS(C)(=O)=O)n1. The lowest BCUT2D eigenvalue weighted by atomic mass is 10.3. The van der Waals surface area contributed by atoms with Gasteiger partial charge < -0.3 is 5.32 Å². The molecule has 0 radical (unpaired) electrons. The summed E-state index contributed by atoms with van der Waals surface area (Å²) in [6.45, 7) is 4.86. The van der Waals surface area contributed by atoms with Crippen molar-refractivity contribution in [3.63, 3.8) is 0 Å². The molecule has 0 bridgehead atoms. The molecule has 0 unspecified atom stereocenters. The van der Waals surface area contributed by atoms with Crippen LogP contribution >= 0.6 is 0 Å². The molecule has 1 heterocycles. The fraction of sp³-hybridized carbons (Fsp3) is 0.636. The normalized spacial score (nSPS) is 11.5. The third kappa shape index (κ3) is 5.12. The summed E-state index contributed by atoms with van der Waals surface area (Å²) in [5, 5.41) is 3.15. The maximum atomic E-state index is 11.2. The number of aromatic nitrogens is 2. The van der Waals surface area contributed by atoms with E-state index in [4.69, 9.17) is 0 Å². The molecule has 0 atom stereocenters. The molecule has 0 saturated carbocycles. The lowest BCUT2D eigenvalue weighted by Crippen LogP contribution is -2.10. The smallest absolute Gasteiger partial charge is 0.154 e. The molecule has 6 heteroatoms. The van der Waals surface area contributed by atoms with Crippen LogP contribution in [0.25, 0.3) is 0 Å². The predicted octanol–water partition coefficient (Wildman–Crippen LogP) is 1.41. The summed E-state index contributed by atoms with van der Waals surface area (Å²) >= 11 is 0. The van der Waals surface area contributed by atoms with Crippen molar-refractivity contribution in [3.8, 4) is 0 Å². The second kappa shape index (κ2) is 5.95. The number of hydrogen-bond acceptors (Lipinski definition) is 5. The van der Waals surface area contributed by atoms with Crippen LogP contribution in [0.3, 0.4) is 0 Å². The highest BCUT2D eigenvalue weighted by Crippen LogP contribution is 2.09. The Bertz CT molecular complexity index is 472. The standard InChI is InChI=1S/C11H19N3O2S/c1-4-6-12-10-7-9(5-2)13-11(14-10)8-17(3,15)16/h7H,4-6,8H2,1-3H3,(H,12,13,14). The highest BCUT2D eigenvalue weighted by atomic mass is 32.2. The molecule has 17 heavy (non-hydrogen) atoms. The zero-order chi connectivity index (χ0) is 12.9. The molecular weight excluding hydrogens is 238 g/mol. The fourth-order valence-corrected chi connectivity index (χ4v) is 1.97. The Morgan fingerprint density at radius 3 is 2.53 bits per heavy atom. The number of nitrogens with one attached hydrogen (secondary N) is 1. The first-order chi connectivity index (χ1) is 7.94. The van der Waals surface area contributed by atoms with Gasteiger partial charge in [0.2, 0.25) is 0 Å². The van der Waals surface area contributed by atoms with E-state index in [2.05, 4.69) is 22.2 Å². The Kier molecular flexibility index (Phi) is 4.86. The molecule has 0 aliphatic heterocycles. The molecular formula is C11H19N3O2S. The van der Waals surface area contributed by atoms with Gasteiger partial charge in [0.15, 0.2) is 9.84 Å². The van der Waals surface area contributed by atoms with Crippen molar-refractivity contribution >= 4 is 15.7 Å². The van der Waals surface area contributed by atoms with E-state index >= 15 is 0 Å². The maximum absolute atomic E-state index is 11.2. The van der Waals surface area contributed by atoms with Gasteiger partial charge in [-0.3, -0.25) is 0 Å². The van der Waals surface area contributed by atoms with Gasteiger partial charge >= 0.3 is 0 Å². The monoisotopic (exact) mass is 257 g/mol. The highest BCUT2D eigenvalue weighted by molar-refractivity contribution is 7.89. The molecule has 0 fully saturated rings. The van der Waals surface area contributed by atoms with E-state index < -0.39 is 9.84 Å². The zero-order valence-electron chi connectivity index (χ0n) is 10.5. The van der Waals surface area contributed by atoms with Crippen molar-refractivity contribution in [2.24, 2.45) is 0 Å². The van der Waals surface area contributed by atoms with Gasteiger partial charge in [0.05, 0.1) is 0 Å². The van der Waals surface area contributed by atoms with Gasteiger partial charge in [-0.25, -0.2) is 18.4 Å². The molecule has 0 aliphatic rings. The van der Waals surface area contributed by atoms with Gasteiger partial charge in [0, 0.05) is 24.6 Å². The summed E-state index contributed by atoms with van der Waals surface area (Å²) in [5.41, 5.74) is 0.859. The van der Waals surface area contributed by atoms with Gasteiger partial charge in [-0.1, -0.05) is 13.8 Å². The number of hydrogen-bond donors (Lipinski definition) is 1. The average Bonchev–Trinajstić information content (AvgIpc) is 2.23. The lowest BCUT2D eigenvalue weighted by molar-refractivity contribution is 0.599. The summed E-state index contributed by atoms with van der Waals surface area (Å²) in [4.78, 5) is 8.42. The van der Waals surface area contributed by atoms with Gasteiger partial charge in [0.25, 0.3) is 0 Å². The number of rotatable bonds is 6. The number of aryl methyl sites for hydroxylation is 1. The van der Waals surface area contributed by atoms with Crippen molar-refractivity contribution in [2.75, 3.05) is 18.1 Å². The average molecular weight is 257 g/mol. The van der Waals surface area contributed by atoms with Gasteiger partial charge in [-0.15, -0.1) is 0 Å². The van der Waals surface area contributed by atoms with E-state index in [1.54, 1.807) is 0 Å². The fourth-order valence-electron chi connectivity index (χ4n) is 1.38. The Labute approximate surface area is 103 Å². The van der Waals surface area contributed by atoms with Crippen molar-refractivity contribution < 1.29 is 8.42 Å². The quantitative estimate of drug-likeness (QED) is 0.834. The van der Waals surface area contributed by atoms with E-state index in [-0.39, 0.29) is 5.75 Å². The van der Waals surface area contributed by atoms with Crippen LogP contribution in [0.15, 0.2) is 6.07 Å². The summed E-state index contributed by atoms with van der Waals surface area (Å²) < 4.78 is 22.5. The Hall–Kier alpha value is -1.17. The third-order valence-corrected chi connectivity index (χ3v) is 2.92. The second-order valence-corrected chi connectivity index (χ2v) is 6.15. The molecule has 1 aromatic rings. The first-order valence-electron chi connectivity index (χ1n) is 5.73. The van der Waals surface area contributed by atoms with Crippen LogP contribution in [0, 0.1) is 0 Å².